The molecule has 2 aliphatic rings. The Morgan fingerprint density at radius 3 is 2.90 bits per heavy atom. The topological polar surface area (TPSA) is 30.5 Å². The Bertz CT molecular complexity index is 447. The fourth-order valence-electron chi connectivity index (χ4n) is 3.36. The quantitative estimate of drug-likeness (QED) is 0.914. The number of fused-ring (bicyclic) bond motifs is 1. The number of rotatable bonds is 4. The van der Waals surface area contributed by atoms with Crippen LogP contribution in [-0.2, 0) is 6.54 Å². The van der Waals surface area contributed by atoms with Crippen LogP contribution in [0.15, 0.2) is 18.2 Å². The summed E-state index contributed by atoms with van der Waals surface area (Å²) in [5.74, 6) is 3.52. The Hall–Kier alpha value is -1.22. The van der Waals surface area contributed by atoms with Gasteiger partial charge in [0.25, 0.3) is 0 Å². The van der Waals surface area contributed by atoms with Crippen LogP contribution in [0.1, 0.15) is 38.2 Å². The molecule has 1 aliphatic heterocycles. The number of ether oxygens (including phenoxy) is 2. The summed E-state index contributed by atoms with van der Waals surface area (Å²) in [5.41, 5.74) is 1.21. The van der Waals surface area contributed by atoms with Gasteiger partial charge >= 0.3 is 0 Å². The van der Waals surface area contributed by atoms with Crippen molar-refractivity contribution in [3.8, 4) is 11.5 Å². The van der Waals surface area contributed by atoms with Crippen molar-refractivity contribution >= 4 is 0 Å². The fourth-order valence-corrected chi connectivity index (χ4v) is 3.36. The van der Waals surface area contributed by atoms with E-state index in [0.29, 0.717) is 13.2 Å². The Balaban J connectivity index is 1.56. The molecule has 1 fully saturated rings. The largest absolute Gasteiger partial charge is 0.486 e. The van der Waals surface area contributed by atoms with Gasteiger partial charge in [0, 0.05) is 12.1 Å². The van der Waals surface area contributed by atoms with E-state index in [1.165, 1.54) is 31.2 Å². The highest BCUT2D eigenvalue weighted by molar-refractivity contribution is 5.47. The normalized spacial score (nSPS) is 25.4. The lowest BCUT2D eigenvalue weighted by Gasteiger charge is -2.29. The second-order valence-electron chi connectivity index (χ2n) is 6.09. The first-order valence-corrected chi connectivity index (χ1v) is 7.93. The van der Waals surface area contributed by atoms with Crippen LogP contribution in [0.2, 0.25) is 0 Å². The van der Waals surface area contributed by atoms with Gasteiger partial charge in [0.15, 0.2) is 11.5 Å². The van der Waals surface area contributed by atoms with Crippen molar-refractivity contribution < 1.29 is 9.47 Å². The molecular formula is C17H25NO2. The Morgan fingerprint density at radius 2 is 2.00 bits per heavy atom. The van der Waals surface area contributed by atoms with Gasteiger partial charge in [-0.05, 0) is 30.9 Å². The lowest BCUT2D eigenvalue weighted by Crippen LogP contribution is -2.29. The molecule has 1 heterocycles. The van der Waals surface area contributed by atoms with Crippen LogP contribution < -0.4 is 14.8 Å². The number of para-hydroxylation sites is 1. The Labute approximate surface area is 121 Å². The highest BCUT2D eigenvalue weighted by Crippen LogP contribution is 2.34. The smallest absolute Gasteiger partial charge is 0.165 e. The molecule has 0 saturated heterocycles. The van der Waals surface area contributed by atoms with Crippen molar-refractivity contribution in [2.24, 2.45) is 11.8 Å². The number of hydrogen-bond acceptors (Lipinski definition) is 3. The van der Waals surface area contributed by atoms with Crippen molar-refractivity contribution in [3.63, 3.8) is 0 Å². The van der Waals surface area contributed by atoms with Crippen LogP contribution in [0.5, 0.6) is 11.5 Å². The third kappa shape index (κ3) is 3.09. The van der Waals surface area contributed by atoms with E-state index in [4.69, 9.17) is 9.47 Å². The molecule has 1 aliphatic carbocycles. The molecule has 0 bridgehead atoms. The van der Waals surface area contributed by atoms with Gasteiger partial charge in [0.2, 0.25) is 0 Å². The predicted octanol–water partition coefficient (Wildman–Crippen LogP) is 3.37. The second kappa shape index (κ2) is 6.49. The minimum atomic E-state index is 0.656. The first-order chi connectivity index (χ1) is 9.84. The van der Waals surface area contributed by atoms with Gasteiger partial charge in [-0.1, -0.05) is 38.3 Å². The molecule has 0 aromatic heterocycles. The van der Waals surface area contributed by atoms with E-state index in [9.17, 15) is 0 Å². The van der Waals surface area contributed by atoms with Crippen molar-refractivity contribution in [3.05, 3.63) is 23.8 Å². The van der Waals surface area contributed by atoms with Crippen LogP contribution in [0.4, 0.5) is 0 Å². The molecule has 3 rings (SSSR count). The number of nitrogens with one attached hydrogen (secondary N) is 1. The highest BCUT2D eigenvalue weighted by Gasteiger charge is 2.21. The van der Waals surface area contributed by atoms with E-state index in [1.54, 1.807) is 0 Å². The number of hydrogen-bond donors (Lipinski definition) is 1. The molecule has 0 spiro atoms. The molecule has 20 heavy (non-hydrogen) atoms. The maximum atomic E-state index is 5.75. The summed E-state index contributed by atoms with van der Waals surface area (Å²) in [6.07, 6.45) is 5.58. The summed E-state index contributed by atoms with van der Waals surface area (Å²) in [4.78, 5) is 0. The van der Waals surface area contributed by atoms with E-state index in [1.807, 2.05) is 12.1 Å². The van der Waals surface area contributed by atoms with Crippen molar-refractivity contribution in [2.45, 2.75) is 39.2 Å². The number of benzene rings is 1. The Kier molecular flexibility index (Phi) is 4.46. The maximum Gasteiger partial charge on any atom is 0.165 e. The van der Waals surface area contributed by atoms with Crippen LogP contribution >= 0.6 is 0 Å². The molecule has 0 amide bonds. The summed E-state index contributed by atoms with van der Waals surface area (Å²) >= 11 is 0. The zero-order valence-corrected chi connectivity index (χ0v) is 12.4. The van der Waals surface area contributed by atoms with Crippen molar-refractivity contribution in [1.82, 2.24) is 5.32 Å². The van der Waals surface area contributed by atoms with Crippen LogP contribution in [-0.4, -0.2) is 19.8 Å². The summed E-state index contributed by atoms with van der Waals surface area (Å²) < 4.78 is 11.4. The SMILES string of the molecule is CC1CCCCC1CNCc1cccc2c1OCCO2. The lowest BCUT2D eigenvalue weighted by molar-refractivity contribution is 0.169. The predicted molar refractivity (Wildman–Crippen MR) is 80.3 cm³/mol. The van der Waals surface area contributed by atoms with Gasteiger partial charge in [-0.3, -0.25) is 0 Å². The molecule has 2 unspecified atom stereocenters. The van der Waals surface area contributed by atoms with Crippen molar-refractivity contribution in [1.29, 1.82) is 0 Å². The van der Waals surface area contributed by atoms with Gasteiger partial charge in [-0.15, -0.1) is 0 Å². The molecule has 1 N–H and O–H groups in total. The zero-order chi connectivity index (χ0) is 13.8. The van der Waals surface area contributed by atoms with Crippen LogP contribution in [0.25, 0.3) is 0 Å². The highest BCUT2D eigenvalue weighted by atomic mass is 16.6. The van der Waals surface area contributed by atoms with E-state index in [0.717, 1.165) is 36.4 Å². The average Bonchev–Trinajstić information content (AvgIpc) is 2.49. The van der Waals surface area contributed by atoms with Crippen LogP contribution in [0, 0.1) is 11.8 Å². The van der Waals surface area contributed by atoms with Gasteiger partial charge in [-0.25, -0.2) is 0 Å². The van der Waals surface area contributed by atoms with E-state index < -0.39 is 0 Å². The monoisotopic (exact) mass is 275 g/mol. The first-order valence-electron chi connectivity index (χ1n) is 7.93. The molecule has 0 radical (unpaired) electrons. The maximum absolute atomic E-state index is 5.75. The summed E-state index contributed by atoms with van der Waals surface area (Å²) in [6.45, 7) is 5.70. The van der Waals surface area contributed by atoms with Gasteiger partial charge in [0.05, 0.1) is 0 Å². The lowest BCUT2D eigenvalue weighted by atomic mass is 9.80. The van der Waals surface area contributed by atoms with Crippen LogP contribution in [0.3, 0.4) is 0 Å². The minimum Gasteiger partial charge on any atom is -0.486 e. The molecule has 1 aromatic carbocycles. The third-order valence-corrected chi connectivity index (χ3v) is 4.66. The molecule has 3 nitrogen and oxygen atoms in total. The molecule has 1 saturated carbocycles. The standard InChI is InChI=1S/C17H25NO2/c1-13-5-2-3-6-14(13)11-18-12-15-7-4-8-16-17(15)20-10-9-19-16/h4,7-8,13-14,18H,2-3,5-6,9-12H2,1H3. The van der Waals surface area contributed by atoms with Gasteiger partial charge < -0.3 is 14.8 Å². The second-order valence-corrected chi connectivity index (χ2v) is 6.09. The first kappa shape index (κ1) is 13.7. The average molecular weight is 275 g/mol. The van der Waals surface area contributed by atoms with Crippen molar-refractivity contribution in [2.75, 3.05) is 19.8 Å². The summed E-state index contributed by atoms with van der Waals surface area (Å²) in [7, 11) is 0. The van der Waals surface area contributed by atoms with E-state index >= 15 is 0 Å². The molecule has 110 valence electrons. The molecule has 3 heteroatoms. The summed E-state index contributed by atoms with van der Waals surface area (Å²) in [6, 6.07) is 6.17. The molecule has 1 aromatic rings. The van der Waals surface area contributed by atoms with Gasteiger partial charge in [-0.2, -0.15) is 0 Å². The van der Waals surface area contributed by atoms with Gasteiger partial charge in [0.1, 0.15) is 13.2 Å². The third-order valence-electron chi connectivity index (χ3n) is 4.66. The Morgan fingerprint density at radius 1 is 1.15 bits per heavy atom. The molecule has 2 atom stereocenters. The minimum absolute atomic E-state index is 0.656. The molecular weight excluding hydrogens is 250 g/mol. The summed E-state index contributed by atoms with van der Waals surface area (Å²) in [5, 5.41) is 3.62. The van der Waals surface area contributed by atoms with E-state index in [2.05, 4.69) is 18.3 Å². The van der Waals surface area contributed by atoms with E-state index in [-0.39, 0.29) is 0 Å². The fraction of sp³-hybridized carbons (Fsp3) is 0.647. The zero-order valence-electron chi connectivity index (χ0n) is 12.4.